The molecule has 1 rings (SSSR count). The number of hydrogen-bond donors (Lipinski definition) is 2. The molecule has 0 saturated heterocycles. The maximum Gasteiger partial charge on any atom is 0.117 e. The molecule has 0 unspecified atom stereocenters. The van der Waals surface area contributed by atoms with Gasteiger partial charge in [0.1, 0.15) is 5.75 Å². The van der Waals surface area contributed by atoms with Crippen molar-refractivity contribution in [3.05, 3.63) is 24.3 Å². The number of anilines is 1. The lowest BCUT2D eigenvalue weighted by atomic mass is 10.0. The first-order valence-electron chi connectivity index (χ1n) is 5.29. The Kier molecular flexibility index (Phi) is 4.30. The summed E-state index contributed by atoms with van der Waals surface area (Å²) in [5, 5.41) is 12.6. The third-order valence-corrected chi connectivity index (χ3v) is 2.60. The van der Waals surface area contributed by atoms with Crippen molar-refractivity contribution in [1.29, 1.82) is 0 Å². The number of aromatic hydroxyl groups is 1. The molecule has 0 atom stereocenters. The number of nitrogens with one attached hydrogen (secondary N) is 1. The summed E-state index contributed by atoms with van der Waals surface area (Å²) in [5.74, 6) is 1.04. The van der Waals surface area contributed by atoms with E-state index in [1.54, 1.807) is 12.1 Å². The SMILES string of the molecule is CCC(CC)CNc1cccc(O)c1. The Labute approximate surface area is 86.0 Å². The molecule has 78 valence electrons. The Balaban J connectivity index is 2.44. The lowest BCUT2D eigenvalue weighted by Crippen LogP contribution is -2.12. The fraction of sp³-hybridized carbons (Fsp3) is 0.500. The van der Waals surface area contributed by atoms with Gasteiger partial charge in [-0.3, -0.25) is 0 Å². The fourth-order valence-corrected chi connectivity index (χ4v) is 1.46. The van der Waals surface area contributed by atoms with Crippen LogP contribution in [0.15, 0.2) is 24.3 Å². The lowest BCUT2D eigenvalue weighted by molar-refractivity contribution is 0.475. The summed E-state index contributed by atoms with van der Waals surface area (Å²) in [6, 6.07) is 7.26. The van der Waals surface area contributed by atoms with E-state index < -0.39 is 0 Å². The van der Waals surface area contributed by atoms with Crippen LogP contribution < -0.4 is 5.32 Å². The first-order chi connectivity index (χ1) is 6.76. The average molecular weight is 193 g/mol. The summed E-state index contributed by atoms with van der Waals surface area (Å²) >= 11 is 0. The molecule has 1 aromatic rings. The second-order valence-corrected chi connectivity index (χ2v) is 3.61. The number of hydrogen-bond acceptors (Lipinski definition) is 2. The van der Waals surface area contributed by atoms with Gasteiger partial charge in [0.15, 0.2) is 0 Å². The number of phenolic OH excluding ortho intramolecular Hbond substituents is 1. The molecule has 0 bridgehead atoms. The van der Waals surface area contributed by atoms with E-state index in [4.69, 9.17) is 0 Å². The summed E-state index contributed by atoms with van der Waals surface area (Å²) in [6.45, 7) is 5.40. The molecule has 1 aromatic carbocycles. The van der Waals surface area contributed by atoms with Crippen LogP contribution in [0, 0.1) is 5.92 Å². The standard InChI is InChI=1S/C12H19NO/c1-3-10(4-2)9-13-11-6-5-7-12(14)8-11/h5-8,10,13-14H,3-4,9H2,1-2H3. The van der Waals surface area contributed by atoms with E-state index in [1.807, 2.05) is 12.1 Å². The average Bonchev–Trinajstić information content (AvgIpc) is 2.19. The van der Waals surface area contributed by atoms with Gasteiger partial charge in [0.25, 0.3) is 0 Å². The zero-order chi connectivity index (χ0) is 10.4. The fourth-order valence-electron chi connectivity index (χ4n) is 1.46. The van der Waals surface area contributed by atoms with Crippen molar-refractivity contribution in [2.24, 2.45) is 5.92 Å². The summed E-state index contributed by atoms with van der Waals surface area (Å²) in [6.07, 6.45) is 2.39. The third kappa shape index (κ3) is 3.29. The Morgan fingerprint density at radius 3 is 2.57 bits per heavy atom. The van der Waals surface area contributed by atoms with Crippen molar-refractivity contribution in [2.75, 3.05) is 11.9 Å². The molecule has 0 fully saturated rings. The van der Waals surface area contributed by atoms with E-state index >= 15 is 0 Å². The molecule has 0 aliphatic heterocycles. The Hall–Kier alpha value is -1.18. The van der Waals surface area contributed by atoms with Crippen LogP contribution in [0.2, 0.25) is 0 Å². The minimum absolute atomic E-state index is 0.319. The van der Waals surface area contributed by atoms with Crippen LogP contribution >= 0.6 is 0 Å². The molecule has 0 aliphatic carbocycles. The van der Waals surface area contributed by atoms with Crippen LogP contribution in [-0.2, 0) is 0 Å². The Morgan fingerprint density at radius 1 is 1.29 bits per heavy atom. The molecule has 0 saturated carbocycles. The van der Waals surface area contributed by atoms with Gasteiger partial charge in [-0.15, -0.1) is 0 Å². The quantitative estimate of drug-likeness (QED) is 0.752. The van der Waals surface area contributed by atoms with Gasteiger partial charge in [-0.2, -0.15) is 0 Å². The van der Waals surface area contributed by atoms with Gasteiger partial charge < -0.3 is 10.4 Å². The van der Waals surface area contributed by atoms with Crippen LogP contribution in [-0.4, -0.2) is 11.7 Å². The van der Waals surface area contributed by atoms with E-state index in [0.717, 1.165) is 18.2 Å². The van der Waals surface area contributed by atoms with Crippen LogP contribution in [0.25, 0.3) is 0 Å². The Bertz CT molecular complexity index is 269. The summed E-state index contributed by atoms with van der Waals surface area (Å²) in [7, 11) is 0. The highest BCUT2D eigenvalue weighted by atomic mass is 16.3. The van der Waals surface area contributed by atoms with Gasteiger partial charge in [0.05, 0.1) is 0 Å². The first kappa shape index (κ1) is 10.9. The molecule has 2 N–H and O–H groups in total. The number of benzene rings is 1. The minimum Gasteiger partial charge on any atom is -0.508 e. The maximum absolute atomic E-state index is 9.25. The molecule has 0 aliphatic rings. The molecule has 2 nitrogen and oxygen atoms in total. The normalized spacial score (nSPS) is 10.5. The van der Waals surface area contributed by atoms with E-state index in [9.17, 15) is 5.11 Å². The van der Waals surface area contributed by atoms with E-state index in [-0.39, 0.29) is 0 Å². The molecule has 0 radical (unpaired) electrons. The minimum atomic E-state index is 0.319. The predicted octanol–water partition coefficient (Wildman–Crippen LogP) is 3.24. The van der Waals surface area contributed by atoms with Crippen molar-refractivity contribution in [2.45, 2.75) is 26.7 Å². The largest absolute Gasteiger partial charge is 0.508 e. The van der Waals surface area contributed by atoms with Gasteiger partial charge in [-0.05, 0) is 18.1 Å². The van der Waals surface area contributed by atoms with Crippen LogP contribution in [0.4, 0.5) is 5.69 Å². The summed E-state index contributed by atoms with van der Waals surface area (Å²) in [4.78, 5) is 0. The zero-order valence-corrected chi connectivity index (χ0v) is 8.96. The van der Waals surface area contributed by atoms with Crippen LogP contribution in [0.1, 0.15) is 26.7 Å². The van der Waals surface area contributed by atoms with E-state index in [0.29, 0.717) is 5.75 Å². The lowest BCUT2D eigenvalue weighted by Gasteiger charge is -2.14. The number of rotatable bonds is 5. The summed E-state index contributed by atoms with van der Waals surface area (Å²) < 4.78 is 0. The molecule has 0 heterocycles. The van der Waals surface area contributed by atoms with Gasteiger partial charge in [0.2, 0.25) is 0 Å². The Morgan fingerprint density at radius 2 is 2.00 bits per heavy atom. The van der Waals surface area contributed by atoms with Gasteiger partial charge in [0, 0.05) is 18.3 Å². The molecule has 0 amide bonds. The van der Waals surface area contributed by atoms with Crippen molar-refractivity contribution < 1.29 is 5.11 Å². The highest BCUT2D eigenvalue weighted by molar-refractivity contribution is 5.47. The van der Waals surface area contributed by atoms with Crippen molar-refractivity contribution in [1.82, 2.24) is 0 Å². The van der Waals surface area contributed by atoms with Crippen LogP contribution in [0.3, 0.4) is 0 Å². The predicted molar refractivity (Wildman–Crippen MR) is 60.7 cm³/mol. The molecule has 0 aromatic heterocycles. The van der Waals surface area contributed by atoms with Crippen molar-refractivity contribution >= 4 is 5.69 Å². The third-order valence-electron chi connectivity index (χ3n) is 2.60. The van der Waals surface area contributed by atoms with Crippen molar-refractivity contribution in [3.63, 3.8) is 0 Å². The van der Waals surface area contributed by atoms with Gasteiger partial charge in [-0.1, -0.05) is 32.8 Å². The van der Waals surface area contributed by atoms with E-state index in [2.05, 4.69) is 19.2 Å². The molecule has 2 heteroatoms. The first-order valence-corrected chi connectivity index (χ1v) is 5.29. The maximum atomic E-state index is 9.25. The second kappa shape index (κ2) is 5.53. The highest BCUT2D eigenvalue weighted by Gasteiger charge is 2.02. The zero-order valence-electron chi connectivity index (χ0n) is 8.96. The van der Waals surface area contributed by atoms with Crippen LogP contribution in [0.5, 0.6) is 5.75 Å². The molecular weight excluding hydrogens is 174 g/mol. The van der Waals surface area contributed by atoms with E-state index in [1.165, 1.54) is 12.8 Å². The number of phenols is 1. The smallest absolute Gasteiger partial charge is 0.117 e. The topological polar surface area (TPSA) is 32.3 Å². The second-order valence-electron chi connectivity index (χ2n) is 3.61. The molecule has 0 spiro atoms. The molecule has 14 heavy (non-hydrogen) atoms. The monoisotopic (exact) mass is 193 g/mol. The molecular formula is C12H19NO. The van der Waals surface area contributed by atoms with Gasteiger partial charge >= 0.3 is 0 Å². The van der Waals surface area contributed by atoms with Crippen molar-refractivity contribution in [3.8, 4) is 5.75 Å². The summed E-state index contributed by atoms with van der Waals surface area (Å²) in [5.41, 5.74) is 0.997. The highest BCUT2D eigenvalue weighted by Crippen LogP contribution is 2.16. The van der Waals surface area contributed by atoms with Gasteiger partial charge in [-0.25, -0.2) is 0 Å².